The zero-order valence-electron chi connectivity index (χ0n) is 16.4. The van der Waals surface area contributed by atoms with Gasteiger partial charge in [0, 0.05) is 25.2 Å². The van der Waals surface area contributed by atoms with E-state index in [9.17, 15) is 4.79 Å². The third-order valence-electron chi connectivity index (χ3n) is 4.71. The predicted octanol–water partition coefficient (Wildman–Crippen LogP) is 2.32. The molecule has 2 aliphatic rings. The summed E-state index contributed by atoms with van der Waals surface area (Å²) in [5.74, 6) is 3.33. The fraction of sp³-hybridized carbons (Fsp3) is 0.381. The van der Waals surface area contributed by atoms with Crippen LogP contribution in [0.15, 0.2) is 30.3 Å². The third-order valence-corrected chi connectivity index (χ3v) is 4.71. The van der Waals surface area contributed by atoms with E-state index >= 15 is 0 Å². The molecule has 2 aliphatic heterocycles. The molecule has 8 nitrogen and oxygen atoms in total. The third kappa shape index (κ3) is 4.96. The van der Waals surface area contributed by atoms with E-state index in [0.717, 1.165) is 30.2 Å². The van der Waals surface area contributed by atoms with Gasteiger partial charge < -0.3 is 24.4 Å². The highest BCUT2D eigenvalue weighted by atomic mass is 16.7. The van der Waals surface area contributed by atoms with Crippen LogP contribution in [-0.4, -0.2) is 48.9 Å². The Bertz CT molecular complexity index is 910. The van der Waals surface area contributed by atoms with Gasteiger partial charge in [0.1, 0.15) is 18.2 Å². The maximum Gasteiger partial charge on any atom is 0.244 e. The van der Waals surface area contributed by atoms with E-state index in [1.165, 1.54) is 18.9 Å². The number of nitrogens with zero attached hydrogens (tertiary/aromatic N) is 3. The number of hydrogen-bond donors (Lipinski definition) is 1. The van der Waals surface area contributed by atoms with Crippen LogP contribution >= 0.6 is 0 Å². The number of aryl methyl sites for hydroxylation is 1. The number of anilines is 1. The molecule has 1 fully saturated rings. The van der Waals surface area contributed by atoms with Crippen molar-refractivity contribution >= 4 is 17.8 Å². The molecular formula is C21H24N4O4. The number of ether oxygens (including phenoxy) is 3. The quantitative estimate of drug-likeness (QED) is 0.568. The highest BCUT2D eigenvalue weighted by Gasteiger charge is 2.15. The molecule has 3 heterocycles. The molecule has 152 valence electrons. The Balaban J connectivity index is 1.23. The lowest BCUT2D eigenvalue weighted by Crippen LogP contribution is -2.26. The average molecular weight is 396 g/mol. The molecule has 0 radical (unpaired) electrons. The number of carbonyl (C=O) groups is 1. The highest BCUT2D eigenvalue weighted by molar-refractivity contribution is 5.91. The van der Waals surface area contributed by atoms with Crippen molar-refractivity contribution in [2.24, 2.45) is 0 Å². The summed E-state index contributed by atoms with van der Waals surface area (Å²) in [5, 5.41) is 2.80. The van der Waals surface area contributed by atoms with Crippen molar-refractivity contribution in [3.63, 3.8) is 0 Å². The van der Waals surface area contributed by atoms with Crippen LogP contribution in [0.3, 0.4) is 0 Å². The molecule has 8 heteroatoms. The number of rotatable bonds is 7. The molecule has 0 spiro atoms. The van der Waals surface area contributed by atoms with E-state index in [-0.39, 0.29) is 12.7 Å². The summed E-state index contributed by atoms with van der Waals surface area (Å²) in [6, 6.07) is 7.40. The first-order valence-electron chi connectivity index (χ1n) is 9.76. The molecule has 0 saturated carbocycles. The van der Waals surface area contributed by atoms with Crippen LogP contribution in [-0.2, 0) is 4.79 Å². The Labute approximate surface area is 169 Å². The van der Waals surface area contributed by atoms with Gasteiger partial charge in [-0.15, -0.1) is 0 Å². The second-order valence-corrected chi connectivity index (χ2v) is 6.89. The number of benzene rings is 1. The number of aromatic nitrogens is 2. The van der Waals surface area contributed by atoms with E-state index in [0.29, 0.717) is 30.6 Å². The second kappa shape index (κ2) is 8.81. The zero-order valence-corrected chi connectivity index (χ0v) is 16.4. The molecule has 1 saturated heterocycles. The summed E-state index contributed by atoms with van der Waals surface area (Å²) < 4.78 is 16.3. The lowest BCUT2D eigenvalue weighted by molar-refractivity contribution is -0.116. The first-order chi connectivity index (χ1) is 14.2. The van der Waals surface area contributed by atoms with Crippen molar-refractivity contribution in [2.75, 3.05) is 37.9 Å². The van der Waals surface area contributed by atoms with Gasteiger partial charge in [0.2, 0.25) is 18.6 Å². The summed E-state index contributed by atoms with van der Waals surface area (Å²) in [6.45, 7) is 4.83. The summed E-state index contributed by atoms with van der Waals surface area (Å²) in [4.78, 5) is 23.0. The summed E-state index contributed by atoms with van der Waals surface area (Å²) in [5.41, 5.74) is 0.867. The van der Waals surface area contributed by atoms with Crippen molar-refractivity contribution in [1.82, 2.24) is 15.3 Å². The average Bonchev–Trinajstić information content (AvgIpc) is 3.40. The number of fused-ring (bicyclic) bond motifs is 1. The minimum Gasteiger partial charge on any atom is -0.476 e. The van der Waals surface area contributed by atoms with Crippen molar-refractivity contribution < 1.29 is 19.0 Å². The van der Waals surface area contributed by atoms with Crippen LogP contribution in [0.2, 0.25) is 0 Å². The van der Waals surface area contributed by atoms with E-state index < -0.39 is 0 Å². The Kier molecular flexibility index (Phi) is 5.79. The standard InChI is InChI=1S/C21H24N4O4/c1-15-23-19(25-9-2-3-10-25)13-21(24-15)27-11-8-22-20(26)7-5-16-4-6-17-18(12-16)29-14-28-17/h4-7,12-13H,2-3,8-11,14H2,1H3,(H,22,26). The molecule has 29 heavy (non-hydrogen) atoms. The molecule has 2 aromatic rings. The van der Waals surface area contributed by atoms with E-state index in [1.807, 2.05) is 31.2 Å². The monoisotopic (exact) mass is 396 g/mol. The maximum atomic E-state index is 12.0. The van der Waals surface area contributed by atoms with Gasteiger partial charge in [-0.1, -0.05) is 6.07 Å². The Morgan fingerprint density at radius 2 is 2.03 bits per heavy atom. The number of nitrogens with one attached hydrogen (secondary N) is 1. The van der Waals surface area contributed by atoms with Crippen LogP contribution in [0.5, 0.6) is 17.4 Å². The first kappa shape index (κ1) is 19.0. The molecule has 1 aromatic heterocycles. The van der Waals surface area contributed by atoms with E-state index in [2.05, 4.69) is 20.2 Å². The minimum atomic E-state index is -0.192. The van der Waals surface area contributed by atoms with Crippen molar-refractivity contribution in [3.05, 3.63) is 41.7 Å². The zero-order chi connectivity index (χ0) is 20.1. The van der Waals surface area contributed by atoms with Gasteiger partial charge in [-0.25, -0.2) is 4.98 Å². The van der Waals surface area contributed by atoms with Gasteiger partial charge in [-0.3, -0.25) is 4.79 Å². The van der Waals surface area contributed by atoms with Gasteiger partial charge in [0.15, 0.2) is 11.5 Å². The molecule has 0 bridgehead atoms. The molecule has 0 atom stereocenters. The number of carbonyl (C=O) groups excluding carboxylic acids is 1. The van der Waals surface area contributed by atoms with Crippen LogP contribution < -0.4 is 24.4 Å². The number of amides is 1. The second-order valence-electron chi connectivity index (χ2n) is 6.89. The molecule has 0 aliphatic carbocycles. The lowest BCUT2D eigenvalue weighted by Gasteiger charge is -2.17. The van der Waals surface area contributed by atoms with Gasteiger partial charge in [-0.2, -0.15) is 4.98 Å². The molecule has 0 unspecified atom stereocenters. The fourth-order valence-electron chi connectivity index (χ4n) is 3.28. The molecule has 1 aromatic carbocycles. The summed E-state index contributed by atoms with van der Waals surface area (Å²) >= 11 is 0. The van der Waals surface area contributed by atoms with Crippen LogP contribution in [0, 0.1) is 6.92 Å². The topological polar surface area (TPSA) is 85.8 Å². The minimum absolute atomic E-state index is 0.192. The largest absolute Gasteiger partial charge is 0.476 e. The van der Waals surface area contributed by atoms with Gasteiger partial charge in [-0.05, 0) is 43.5 Å². The normalized spacial score (nSPS) is 15.1. The fourth-order valence-corrected chi connectivity index (χ4v) is 3.28. The van der Waals surface area contributed by atoms with Crippen molar-refractivity contribution in [2.45, 2.75) is 19.8 Å². The van der Waals surface area contributed by atoms with Crippen LogP contribution in [0.4, 0.5) is 5.82 Å². The maximum absolute atomic E-state index is 12.0. The van der Waals surface area contributed by atoms with Gasteiger partial charge >= 0.3 is 0 Å². The smallest absolute Gasteiger partial charge is 0.244 e. The molecular weight excluding hydrogens is 372 g/mol. The summed E-state index contributed by atoms with van der Waals surface area (Å²) in [6.07, 6.45) is 5.59. The predicted molar refractivity (Wildman–Crippen MR) is 108 cm³/mol. The van der Waals surface area contributed by atoms with Crippen molar-refractivity contribution in [3.8, 4) is 17.4 Å². The van der Waals surface area contributed by atoms with Crippen LogP contribution in [0.1, 0.15) is 24.2 Å². The molecule has 1 amide bonds. The highest BCUT2D eigenvalue weighted by Crippen LogP contribution is 2.32. The van der Waals surface area contributed by atoms with Gasteiger partial charge in [0.05, 0.1) is 6.54 Å². The van der Waals surface area contributed by atoms with E-state index in [4.69, 9.17) is 14.2 Å². The first-order valence-corrected chi connectivity index (χ1v) is 9.76. The Morgan fingerprint density at radius 3 is 2.90 bits per heavy atom. The van der Waals surface area contributed by atoms with E-state index in [1.54, 1.807) is 6.08 Å². The lowest BCUT2D eigenvalue weighted by atomic mass is 10.2. The SMILES string of the molecule is Cc1nc(OCCNC(=O)C=Cc2ccc3c(c2)OCO3)cc(N2CCCC2)n1. The summed E-state index contributed by atoms with van der Waals surface area (Å²) in [7, 11) is 0. The van der Waals surface area contributed by atoms with Crippen LogP contribution in [0.25, 0.3) is 6.08 Å². The Morgan fingerprint density at radius 1 is 1.21 bits per heavy atom. The van der Waals surface area contributed by atoms with Crippen molar-refractivity contribution in [1.29, 1.82) is 0 Å². The van der Waals surface area contributed by atoms with Gasteiger partial charge in [0.25, 0.3) is 0 Å². The number of hydrogen-bond acceptors (Lipinski definition) is 7. The Hall–Kier alpha value is -3.29. The molecule has 4 rings (SSSR count). The molecule has 1 N–H and O–H groups in total.